The Balaban J connectivity index is 1.48. The van der Waals surface area contributed by atoms with Crippen LogP contribution >= 0.6 is 0 Å². The van der Waals surface area contributed by atoms with Gasteiger partial charge in [0.2, 0.25) is 20.0 Å². The van der Waals surface area contributed by atoms with Gasteiger partial charge in [-0.25, -0.2) is 16.8 Å². The molecule has 3 aromatic rings. The number of fused-ring (bicyclic) bond motifs is 1. The van der Waals surface area contributed by atoms with E-state index in [0.717, 1.165) is 42.3 Å². The monoisotopic (exact) mass is 489 g/mol. The molecule has 0 atom stereocenters. The van der Waals surface area contributed by atoms with E-state index in [1.807, 2.05) is 30.5 Å². The molecule has 1 saturated heterocycles. The smallest absolute Gasteiger partial charge is 0.243 e. The predicted molar refractivity (Wildman–Crippen MR) is 130 cm³/mol. The number of hydrogen-bond acceptors (Lipinski definition) is 4. The summed E-state index contributed by atoms with van der Waals surface area (Å²) < 4.78 is 57.4. The molecule has 0 bridgehead atoms. The first-order chi connectivity index (χ1) is 15.8. The topological polar surface area (TPSA) is 79.7 Å². The van der Waals surface area contributed by atoms with E-state index >= 15 is 0 Å². The van der Waals surface area contributed by atoms with Crippen molar-refractivity contribution in [3.8, 4) is 0 Å². The summed E-state index contributed by atoms with van der Waals surface area (Å²) in [5.41, 5.74) is 2.12. The molecule has 7 nitrogen and oxygen atoms in total. The molecule has 1 aliphatic heterocycles. The van der Waals surface area contributed by atoms with Crippen molar-refractivity contribution in [3.63, 3.8) is 0 Å². The van der Waals surface area contributed by atoms with Crippen molar-refractivity contribution < 1.29 is 16.8 Å². The maximum atomic E-state index is 13.2. The maximum Gasteiger partial charge on any atom is 0.243 e. The van der Waals surface area contributed by atoms with Gasteiger partial charge in [-0.3, -0.25) is 0 Å². The lowest BCUT2D eigenvalue weighted by Gasteiger charge is -2.33. The van der Waals surface area contributed by atoms with Crippen molar-refractivity contribution in [2.45, 2.75) is 49.4 Å². The first-order valence-corrected chi connectivity index (χ1v) is 14.3. The van der Waals surface area contributed by atoms with Gasteiger partial charge in [-0.15, -0.1) is 0 Å². The number of rotatable bonds is 8. The maximum absolute atomic E-state index is 13.2. The van der Waals surface area contributed by atoms with Gasteiger partial charge in [0.05, 0.1) is 9.79 Å². The van der Waals surface area contributed by atoms with E-state index in [2.05, 4.69) is 18.4 Å². The molecule has 0 spiro atoms. The molecule has 1 fully saturated rings. The van der Waals surface area contributed by atoms with Gasteiger partial charge in [-0.2, -0.15) is 8.61 Å². The van der Waals surface area contributed by atoms with Gasteiger partial charge in [-0.1, -0.05) is 32.4 Å². The Labute approximate surface area is 196 Å². The third kappa shape index (κ3) is 4.73. The van der Waals surface area contributed by atoms with E-state index in [1.54, 1.807) is 24.3 Å². The van der Waals surface area contributed by atoms with Crippen molar-refractivity contribution in [1.29, 1.82) is 0 Å². The first-order valence-electron chi connectivity index (χ1n) is 11.5. The van der Waals surface area contributed by atoms with Crippen molar-refractivity contribution >= 4 is 30.9 Å². The van der Waals surface area contributed by atoms with Crippen LogP contribution in [-0.4, -0.2) is 56.2 Å². The summed E-state index contributed by atoms with van der Waals surface area (Å²) in [6, 6.07) is 14.1. The molecule has 4 rings (SSSR count). The summed E-state index contributed by atoms with van der Waals surface area (Å²) in [6.45, 7) is 5.59. The van der Waals surface area contributed by atoms with Crippen LogP contribution in [0, 0.1) is 0 Å². The minimum absolute atomic E-state index is 0.129. The van der Waals surface area contributed by atoms with Crippen LogP contribution < -0.4 is 0 Å². The second-order valence-electron chi connectivity index (χ2n) is 8.43. The van der Waals surface area contributed by atoms with Gasteiger partial charge >= 0.3 is 0 Å². The van der Waals surface area contributed by atoms with Crippen LogP contribution in [0.5, 0.6) is 0 Å². The Bertz CT molecular complexity index is 1320. The summed E-state index contributed by atoms with van der Waals surface area (Å²) >= 11 is 0. The van der Waals surface area contributed by atoms with Crippen LogP contribution in [0.4, 0.5) is 0 Å². The third-order valence-electron chi connectivity index (χ3n) is 6.14. The summed E-state index contributed by atoms with van der Waals surface area (Å²) in [5.74, 6) is 0. The van der Waals surface area contributed by atoms with Crippen molar-refractivity contribution in [1.82, 2.24) is 13.2 Å². The third-order valence-corrected chi connectivity index (χ3v) is 9.95. The molecule has 178 valence electrons. The first kappa shape index (κ1) is 23.9. The fourth-order valence-electron chi connectivity index (χ4n) is 4.34. The van der Waals surface area contributed by atoms with Crippen molar-refractivity contribution in [3.05, 3.63) is 60.3 Å². The van der Waals surface area contributed by atoms with Crippen LogP contribution in [0.3, 0.4) is 0 Å². The largest absolute Gasteiger partial charge is 0.347 e. The zero-order chi connectivity index (χ0) is 23.6. The number of benzene rings is 2. The zero-order valence-corrected chi connectivity index (χ0v) is 20.8. The molecule has 9 heteroatoms. The van der Waals surface area contributed by atoms with Crippen LogP contribution in [-0.2, 0) is 33.0 Å². The van der Waals surface area contributed by atoms with E-state index in [-0.39, 0.29) is 36.0 Å². The molecule has 0 unspecified atom stereocenters. The summed E-state index contributed by atoms with van der Waals surface area (Å²) in [6.07, 6.45) is 4.88. The highest BCUT2D eigenvalue weighted by molar-refractivity contribution is 7.89. The van der Waals surface area contributed by atoms with E-state index in [4.69, 9.17) is 0 Å². The Kier molecular flexibility index (Phi) is 6.95. The predicted octanol–water partition coefficient (Wildman–Crippen LogP) is 3.70. The van der Waals surface area contributed by atoms with E-state index in [1.165, 1.54) is 8.61 Å². The van der Waals surface area contributed by atoms with Gasteiger partial charge in [0.1, 0.15) is 0 Å². The number of nitrogens with zero attached hydrogens (tertiary/aromatic N) is 3. The minimum atomic E-state index is -3.70. The summed E-state index contributed by atoms with van der Waals surface area (Å²) in [5, 5.41) is 0.886. The van der Waals surface area contributed by atoms with E-state index < -0.39 is 20.0 Å². The Morgan fingerprint density at radius 1 is 0.727 bits per heavy atom. The van der Waals surface area contributed by atoms with E-state index in [0.29, 0.717) is 0 Å². The van der Waals surface area contributed by atoms with Gasteiger partial charge in [0.25, 0.3) is 0 Å². The summed E-state index contributed by atoms with van der Waals surface area (Å²) in [4.78, 5) is 0.493. The second kappa shape index (κ2) is 9.58. The molecule has 0 radical (unpaired) electrons. The molecule has 1 aliphatic rings. The van der Waals surface area contributed by atoms with Crippen LogP contribution in [0.15, 0.2) is 64.5 Å². The Morgan fingerprint density at radius 2 is 1.30 bits per heavy atom. The molecule has 0 amide bonds. The fraction of sp³-hybridized carbons (Fsp3) is 0.417. The molecule has 2 aromatic carbocycles. The van der Waals surface area contributed by atoms with Crippen LogP contribution in [0.2, 0.25) is 0 Å². The zero-order valence-electron chi connectivity index (χ0n) is 19.1. The lowest BCUT2D eigenvalue weighted by molar-refractivity contribution is 0.273. The van der Waals surface area contributed by atoms with Crippen LogP contribution in [0.25, 0.3) is 10.9 Å². The standard InChI is InChI=1S/C24H31N3O4S2/c1-3-5-20-6-8-22(9-7-20)32(28,29)26-15-17-27(18-16-26)33(30,31)23-10-11-24-21(19-23)12-14-25(24)13-4-2/h6-12,14,19H,3-5,13,15-18H2,1-2H3. The Hall–Kier alpha value is -2.20. The van der Waals surface area contributed by atoms with Gasteiger partial charge in [0, 0.05) is 49.8 Å². The lowest BCUT2D eigenvalue weighted by atomic mass is 10.1. The molecular formula is C24H31N3O4S2. The molecule has 2 heterocycles. The number of piperazine rings is 1. The number of hydrogen-bond donors (Lipinski definition) is 0. The molecule has 33 heavy (non-hydrogen) atoms. The Morgan fingerprint density at radius 3 is 1.88 bits per heavy atom. The van der Waals surface area contributed by atoms with Gasteiger partial charge < -0.3 is 4.57 Å². The highest BCUT2D eigenvalue weighted by atomic mass is 32.2. The van der Waals surface area contributed by atoms with Crippen LogP contribution in [0.1, 0.15) is 32.3 Å². The molecule has 1 aromatic heterocycles. The summed E-state index contributed by atoms with van der Waals surface area (Å²) in [7, 11) is -7.35. The molecule has 0 saturated carbocycles. The average Bonchev–Trinajstić information content (AvgIpc) is 3.22. The number of sulfonamides is 2. The SMILES string of the molecule is CCCc1ccc(S(=O)(=O)N2CCN(S(=O)(=O)c3ccc4c(ccn4CCC)c3)CC2)cc1. The van der Waals surface area contributed by atoms with Gasteiger partial charge in [-0.05, 0) is 54.8 Å². The minimum Gasteiger partial charge on any atom is -0.347 e. The normalized spacial score (nSPS) is 16.4. The van der Waals surface area contributed by atoms with Crippen molar-refractivity contribution in [2.75, 3.05) is 26.2 Å². The molecular weight excluding hydrogens is 458 g/mol. The van der Waals surface area contributed by atoms with E-state index in [9.17, 15) is 16.8 Å². The second-order valence-corrected chi connectivity index (χ2v) is 12.3. The van der Waals surface area contributed by atoms with Crippen molar-refractivity contribution in [2.24, 2.45) is 0 Å². The highest BCUT2D eigenvalue weighted by Crippen LogP contribution is 2.25. The molecule has 0 N–H and O–H groups in total. The fourth-order valence-corrected chi connectivity index (χ4v) is 7.22. The average molecular weight is 490 g/mol. The highest BCUT2D eigenvalue weighted by Gasteiger charge is 2.33. The van der Waals surface area contributed by atoms with Gasteiger partial charge in [0.15, 0.2) is 0 Å². The molecule has 0 aliphatic carbocycles. The lowest BCUT2D eigenvalue weighted by Crippen LogP contribution is -2.50. The number of aryl methyl sites for hydroxylation is 2. The number of aromatic nitrogens is 1. The quantitative estimate of drug-likeness (QED) is 0.483.